The van der Waals surface area contributed by atoms with E-state index < -0.39 is 0 Å². The van der Waals surface area contributed by atoms with Crippen molar-refractivity contribution in [2.45, 2.75) is 33.0 Å². The van der Waals surface area contributed by atoms with Gasteiger partial charge in [-0.1, -0.05) is 80.6 Å². The lowest BCUT2D eigenvalue weighted by molar-refractivity contribution is 0.102. The number of carbonyl (C=O) groups is 1. The maximum absolute atomic E-state index is 13.4. The van der Waals surface area contributed by atoms with E-state index in [-0.39, 0.29) is 11.8 Å². The number of ether oxygens (including phenoxy) is 2. The Morgan fingerprint density at radius 3 is 2.12 bits per heavy atom. The molecule has 1 heterocycles. The number of carbonyl (C=O) groups excluding carboxylic acids is 1. The van der Waals surface area contributed by atoms with Gasteiger partial charge in [0, 0.05) is 6.20 Å². The van der Waals surface area contributed by atoms with Gasteiger partial charge in [-0.25, -0.2) is 4.98 Å². The van der Waals surface area contributed by atoms with Crippen LogP contribution in [-0.4, -0.2) is 10.9 Å². The van der Waals surface area contributed by atoms with Crippen molar-refractivity contribution in [1.82, 2.24) is 4.98 Å². The fourth-order valence-electron chi connectivity index (χ4n) is 3.46. The normalized spacial score (nSPS) is 10.7. The minimum Gasteiger partial charge on any atom is -0.488 e. The van der Waals surface area contributed by atoms with Gasteiger partial charge < -0.3 is 14.8 Å². The van der Waals surface area contributed by atoms with E-state index in [0.29, 0.717) is 36.1 Å². The summed E-state index contributed by atoms with van der Waals surface area (Å²) in [6.45, 7) is 4.92. The second kappa shape index (κ2) is 11.1. The third-order valence-electron chi connectivity index (χ3n) is 5.39. The van der Waals surface area contributed by atoms with Crippen molar-refractivity contribution >= 4 is 11.6 Å². The lowest BCUT2D eigenvalue weighted by atomic mass is 10.00. The first kappa shape index (κ1) is 23.1. The molecule has 1 amide bonds. The third kappa shape index (κ3) is 6.01. The molecule has 0 spiro atoms. The lowest BCUT2D eigenvalue weighted by Crippen LogP contribution is -2.15. The third-order valence-corrected chi connectivity index (χ3v) is 5.39. The van der Waals surface area contributed by atoms with Crippen molar-refractivity contribution < 1.29 is 14.3 Å². The van der Waals surface area contributed by atoms with E-state index in [1.807, 2.05) is 78.9 Å². The first-order chi connectivity index (χ1) is 16.6. The largest absolute Gasteiger partial charge is 0.488 e. The number of hydrogen-bond acceptors (Lipinski definition) is 4. The first-order valence-corrected chi connectivity index (χ1v) is 11.3. The van der Waals surface area contributed by atoms with Crippen LogP contribution < -0.4 is 14.8 Å². The second-order valence-corrected chi connectivity index (χ2v) is 8.27. The summed E-state index contributed by atoms with van der Waals surface area (Å²) in [5, 5.41) is 2.96. The molecule has 5 nitrogen and oxygen atoms in total. The van der Waals surface area contributed by atoms with Crippen LogP contribution in [0.3, 0.4) is 0 Å². The van der Waals surface area contributed by atoms with Gasteiger partial charge in [0.1, 0.15) is 24.7 Å². The summed E-state index contributed by atoms with van der Waals surface area (Å²) in [5.41, 5.74) is 4.09. The maximum atomic E-state index is 13.4. The Balaban J connectivity index is 1.54. The summed E-state index contributed by atoms with van der Waals surface area (Å²) in [7, 11) is 0. The van der Waals surface area contributed by atoms with E-state index in [0.717, 1.165) is 16.7 Å². The van der Waals surface area contributed by atoms with Crippen LogP contribution in [-0.2, 0) is 13.2 Å². The van der Waals surface area contributed by atoms with Crippen LogP contribution in [0.2, 0.25) is 0 Å². The van der Waals surface area contributed by atoms with Crippen LogP contribution in [0, 0.1) is 0 Å². The zero-order valence-corrected chi connectivity index (χ0v) is 19.4. The molecule has 0 aliphatic heterocycles. The minimum atomic E-state index is -0.275. The smallest absolute Gasteiger partial charge is 0.259 e. The molecule has 0 aliphatic carbocycles. The van der Waals surface area contributed by atoms with E-state index in [1.54, 1.807) is 18.3 Å². The Labute approximate surface area is 200 Å². The molecule has 0 aliphatic rings. The van der Waals surface area contributed by atoms with Gasteiger partial charge in [0.2, 0.25) is 5.88 Å². The topological polar surface area (TPSA) is 60.5 Å². The Hall–Kier alpha value is -4.12. The van der Waals surface area contributed by atoms with Gasteiger partial charge in [0.15, 0.2) is 0 Å². The maximum Gasteiger partial charge on any atom is 0.259 e. The number of nitrogens with zero attached hydrogens (tertiary/aromatic N) is 1. The molecule has 3 aromatic carbocycles. The summed E-state index contributed by atoms with van der Waals surface area (Å²) in [5.74, 6) is 0.897. The zero-order chi connectivity index (χ0) is 23.8. The Morgan fingerprint density at radius 2 is 1.47 bits per heavy atom. The summed E-state index contributed by atoms with van der Waals surface area (Å²) < 4.78 is 11.9. The predicted octanol–water partition coefficient (Wildman–Crippen LogP) is 6.62. The number of amides is 1. The second-order valence-electron chi connectivity index (χ2n) is 8.27. The van der Waals surface area contributed by atoms with Crippen LogP contribution in [0.5, 0.6) is 11.6 Å². The molecule has 34 heavy (non-hydrogen) atoms. The van der Waals surface area contributed by atoms with Crippen molar-refractivity contribution in [2.75, 3.05) is 5.32 Å². The number of pyridine rings is 1. The number of nitrogens with one attached hydrogen (secondary N) is 1. The van der Waals surface area contributed by atoms with E-state index >= 15 is 0 Å². The predicted molar refractivity (Wildman–Crippen MR) is 134 cm³/mol. The number of aromatic nitrogens is 1. The average Bonchev–Trinajstić information content (AvgIpc) is 2.88. The number of anilines is 1. The van der Waals surface area contributed by atoms with Crippen LogP contribution in [0.1, 0.15) is 46.8 Å². The number of benzene rings is 3. The first-order valence-electron chi connectivity index (χ1n) is 11.3. The van der Waals surface area contributed by atoms with Crippen molar-refractivity contribution in [3.8, 4) is 11.6 Å². The lowest BCUT2D eigenvalue weighted by Gasteiger charge is -2.16. The van der Waals surface area contributed by atoms with E-state index in [4.69, 9.17) is 9.47 Å². The minimum absolute atomic E-state index is 0.275. The molecule has 0 atom stereocenters. The molecule has 0 fully saturated rings. The molecule has 0 radical (unpaired) electrons. The molecular weight excluding hydrogens is 424 g/mol. The van der Waals surface area contributed by atoms with Gasteiger partial charge in [0.05, 0.1) is 5.56 Å². The number of rotatable bonds is 9. The van der Waals surface area contributed by atoms with Crippen molar-refractivity contribution in [2.24, 2.45) is 0 Å². The quantitative estimate of drug-likeness (QED) is 0.310. The molecular formula is C29H28N2O3. The van der Waals surface area contributed by atoms with Gasteiger partial charge in [-0.15, -0.1) is 0 Å². The Kier molecular flexibility index (Phi) is 7.56. The molecule has 4 rings (SSSR count). The van der Waals surface area contributed by atoms with E-state index in [1.165, 1.54) is 0 Å². The highest BCUT2D eigenvalue weighted by Crippen LogP contribution is 2.28. The van der Waals surface area contributed by atoms with Gasteiger partial charge in [-0.05, 0) is 46.9 Å². The molecule has 4 aromatic rings. The molecule has 0 saturated carbocycles. The van der Waals surface area contributed by atoms with Crippen molar-refractivity contribution in [1.29, 1.82) is 0 Å². The molecule has 0 unspecified atom stereocenters. The molecule has 0 bridgehead atoms. The van der Waals surface area contributed by atoms with Crippen molar-refractivity contribution in [3.05, 3.63) is 119 Å². The fraction of sp³-hybridized carbons (Fsp3) is 0.172. The van der Waals surface area contributed by atoms with Crippen molar-refractivity contribution in [3.63, 3.8) is 0 Å². The monoisotopic (exact) mass is 452 g/mol. The van der Waals surface area contributed by atoms with Gasteiger partial charge in [-0.3, -0.25) is 4.79 Å². The number of hydrogen-bond donors (Lipinski definition) is 1. The van der Waals surface area contributed by atoms with Crippen LogP contribution in [0.15, 0.2) is 97.2 Å². The highest BCUT2D eigenvalue weighted by atomic mass is 16.5. The summed E-state index contributed by atoms with van der Waals surface area (Å²) in [6.07, 6.45) is 1.64. The van der Waals surface area contributed by atoms with Crippen LogP contribution in [0.25, 0.3) is 0 Å². The Morgan fingerprint density at radius 1 is 0.824 bits per heavy atom. The van der Waals surface area contributed by atoms with Crippen LogP contribution >= 0.6 is 0 Å². The molecule has 5 heteroatoms. The van der Waals surface area contributed by atoms with Gasteiger partial charge >= 0.3 is 0 Å². The van der Waals surface area contributed by atoms with Gasteiger partial charge in [-0.2, -0.15) is 0 Å². The molecule has 1 aromatic heterocycles. The SMILES string of the molecule is CC(C)c1ccc(OCc2ccccc2)c(C(=O)Nc2cccnc2OCc2ccccc2)c1. The van der Waals surface area contributed by atoms with Crippen LogP contribution in [0.4, 0.5) is 5.69 Å². The highest BCUT2D eigenvalue weighted by Gasteiger charge is 2.17. The fourth-order valence-corrected chi connectivity index (χ4v) is 3.46. The van der Waals surface area contributed by atoms with E-state index in [9.17, 15) is 4.79 Å². The standard InChI is InChI=1S/C29H28N2O3/c1-21(2)24-15-16-27(33-19-22-10-5-3-6-11-22)25(18-24)28(32)31-26-14-9-17-30-29(26)34-20-23-12-7-4-8-13-23/h3-18,21H,19-20H2,1-2H3,(H,31,32). The highest BCUT2D eigenvalue weighted by molar-refractivity contribution is 6.06. The van der Waals surface area contributed by atoms with Gasteiger partial charge in [0.25, 0.3) is 5.91 Å². The Bertz CT molecular complexity index is 1220. The van der Waals surface area contributed by atoms with E-state index in [2.05, 4.69) is 24.1 Å². The summed E-state index contributed by atoms with van der Waals surface area (Å²) >= 11 is 0. The molecule has 0 saturated heterocycles. The molecule has 172 valence electrons. The molecule has 1 N–H and O–H groups in total. The average molecular weight is 453 g/mol. The zero-order valence-electron chi connectivity index (χ0n) is 19.4. The summed E-state index contributed by atoms with van der Waals surface area (Å²) in [6, 6.07) is 29.0. The summed E-state index contributed by atoms with van der Waals surface area (Å²) in [4.78, 5) is 17.7.